The summed E-state index contributed by atoms with van der Waals surface area (Å²) in [5, 5.41) is 5.02. The lowest BCUT2D eigenvalue weighted by Gasteiger charge is -2.02. The van der Waals surface area contributed by atoms with Gasteiger partial charge in [-0.2, -0.15) is 0 Å². The quantitative estimate of drug-likeness (QED) is 0.539. The smallest absolute Gasteiger partial charge is 0.287 e. The van der Waals surface area contributed by atoms with Crippen molar-refractivity contribution in [1.29, 1.82) is 0 Å². The lowest BCUT2D eigenvalue weighted by molar-refractivity contribution is 0.0928. The zero-order chi connectivity index (χ0) is 16.5. The molecule has 4 nitrogen and oxygen atoms in total. The highest BCUT2D eigenvalue weighted by Gasteiger charge is 2.12. The van der Waals surface area contributed by atoms with Gasteiger partial charge in [-0.3, -0.25) is 4.79 Å². The van der Waals surface area contributed by atoms with E-state index in [0.29, 0.717) is 17.9 Å². The van der Waals surface area contributed by atoms with Gasteiger partial charge in [-0.15, -0.1) is 0 Å². The Morgan fingerprint density at radius 3 is 2.96 bits per heavy atom. The highest BCUT2D eigenvalue weighted by Crippen LogP contribution is 2.23. The normalized spacial score (nSPS) is 11.2. The van der Waals surface area contributed by atoms with E-state index in [4.69, 9.17) is 4.42 Å². The van der Waals surface area contributed by atoms with E-state index >= 15 is 0 Å². The van der Waals surface area contributed by atoms with Crippen LogP contribution in [0.4, 0.5) is 0 Å². The molecule has 0 spiro atoms. The predicted octanol–water partition coefficient (Wildman–Crippen LogP) is 4.65. The van der Waals surface area contributed by atoms with Gasteiger partial charge in [0.1, 0.15) is 5.58 Å². The Morgan fingerprint density at radius 2 is 2.04 bits per heavy atom. The topological polar surface area (TPSA) is 58.0 Å². The van der Waals surface area contributed by atoms with Crippen molar-refractivity contribution < 1.29 is 9.21 Å². The molecule has 120 valence electrons. The van der Waals surface area contributed by atoms with Crippen molar-refractivity contribution in [2.45, 2.75) is 6.42 Å². The van der Waals surface area contributed by atoms with Crippen molar-refractivity contribution in [3.63, 3.8) is 0 Å². The molecule has 0 unspecified atom stereocenters. The van der Waals surface area contributed by atoms with Gasteiger partial charge < -0.3 is 14.7 Å². The number of carbonyl (C=O) groups is 1. The number of H-pyrrole nitrogens is 1. The molecule has 0 fully saturated rings. The van der Waals surface area contributed by atoms with Gasteiger partial charge in [0, 0.05) is 33.5 Å². The SMILES string of the molecule is O=C(NCCc1c[nH]c2ccccc12)c1cc2cc(Br)ccc2o1. The maximum absolute atomic E-state index is 12.3. The van der Waals surface area contributed by atoms with Crippen molar-refractivity contribution in [3.05, 3.63) is 70.5 Å². The minimum Gasteiger partial charge on any atom is -0.451 e. The summed E-state index contributed by atoms with van der Waals surface area (Å²) in [6.45, 7) is 0.557. The average Bonchev–Trinajstić information content (AvgIpc) is 3.18. The van der Waals surface area contributed by atoms with Crippen LogP contribution >= 0.6 is 15.9 Å². The van der Waals surface area contributed by atoms with E-state index < -0.39 is 0 Å². The molecule has 1 amide bonds. The molecular weight excluding hydrogens is 368 g/mol. The second kappa shape index (κ2) is 6.17. The van der Waals surface area contributed by atoms with Crippen LogP contribution in [-0.4, -0.2) is 17.4 Å². The molecular formula is C19H15BrN2O2. The van der Waals surface area contributed by atoms with Gasteiger partial charge in [0.15, 0.2) is 5.76 Å². The van der Waals surface area contributed by atoms with E-state index in [2.05, 4.69) is 32.3 Å². The van der Waals surface area contributed by atoms with Gasteiger partial charge in [-0.25, -0.2) is 0 Å². The van der Waals surface area contributed by atoms with Gasteiger partial charge in [-0.1, -0.05) is 34.1 Å². The van der Waals surface area contributed by atoms with Crippen molar-refractivity contribution in [2.75, 3.05) is 6.54 Å². The Kier molecular flexibility index (Phi) is 3.86. The summed E-state index contributed by atoms with van der Waals surface area (Å²) in [7, 11) is 0. The summed E-state index contributed by atoms with van der Waals surface area (Å²) in [4.78, 5) is 15.5. The molecule has 0 aliphatic rings. The number of aromatic amines is 1. The molecule has 0 aliphatic heterocycles. The third-order valence-electron chi connectivity index (χ3n) is 4.06. The van der Waals surface area contributed by atoms with E-state index in [1.165, 1.54) is 10.9 Å². The molecule has 2 aromatic heterocycles. The number of furan rings is 1. The van der Waals surface area contributed by atoms with E-state index in [0.717, 1.165) is 21.8 Å². The van der Waals surface area contributed by atoms with Crippen LogP contribution in [0.3, 0.4) is 0 Å². The average molecular weight is 383 g/mol. The summed E-state index contributed by atoms with van der Waals surface area (Å²) >= 11 is 3.42. The van der Waals surface area contributed by atoms with Crippen LogP contribution in [-0.2, 0) is 6.42 Å². The number of aromatic nitrogens is 1. The van der Waals surface area contributed by atoms with Gasteiger partial charge in [0.05, 0.1) is 0 Å². The number of fused-ring (bicyclic) bond motifs is 2. The number of carbonyl (C=O) groups excluding carboxylic acids is 1. The molecule has 5 heteroatoms. The lowest BCUT2D eigenvalue weighted by atomic mass is 10.1. The third kappa shape index (κ3) is 2.83. The molecule has 0 atom stereocenters. The van der Waals surface area contributed by atoms with Crippen LogP contribution in [0.15, 0.2) is 63.6 Å². The molecule has 2 N–H and O–H groups in total. The van der Waals surface area contributed by atoms with Crippen LogP contribution in [0.25, 0.3) is 21.9 Å². The summed E-state index contributed by atoms with van der Waals surface area (Å²) in [5.74, 6) is 0.143. The molecule has 0 bridgehead atoms. The summed E-state index contributed by atoms with van der Waals surface area (Å²) in [5.41, 5.74) is 3.01. The highest BCUT2D eigenvalue weighted by atomic mass is 79.9. The first kappa shape index (κ1) is 15.0. The summed E-state index contributed by atoms with van der Waals surface area (Å²) in [6, 6.07) is 15.6. The Hall–Kier alpha value is -2.53. The first-order valence-electron chi connectivity index (χ1n) is 7.73. The number of amides is 1. The molecule has 0 saturated carbocycles. The Bertz CT molecular complexity index is 1030. The molecule has 2 aromatic carbocycles. The van der Waals surface area contributed by atoms with Crippen molar-refractivity contribution in [1.82, 2.24) is 10.3 Å². The number of para-hydroxylation sites is 1. The fourth-order valence-electron chi connectivity index (χ4n) is 2.86. The van der Waals surface area contributed by atoms with E-state index in [1.54, 1.807) is 6.07 Å². The molecule has 0 saturated heterocycles. The van der Waals surface area contributed by atoms with Crippen LogP contribution in [0, 0.1) is 0 Å². The van der Waals surface area contributed by atoms with Crippen LogP contribution < -0.4 is 5.32 Å². The second-order valence-corrected chi connectivity index (χ2v) is 6.57. The van der Waals surface area contributed by atoms with Crippen molar-refractivity contribution in [3.8, 4) is 0 Å². The third-order valence-corrected chi connectivity index (χ3v) is 4.55. The number of nitrogens with one attached hydrogen (secondary N) is 2. The zero-order valence-corrected chi connectivity index (χ0v) is 14.4. The van der Waals surface area contributed by atoms with Gasteiger partial charge in [0.25, 0.3) is 5.91 Å². The Balaban J connectivity index is 1.44. The van der Waals surface area contributed by atoms with Crippen molar-refractivity contribution in [2.24, 2.45) is 0 Å². The largest absolute Gasteiger partial charge is 0.451 e. The molecule has 0 aliphatic carbocycles. The van der Waals surface area contributed by atoms with E-state index in [1.807, 2.05) is 42.6 Å². The van der Waals surface area contributed by atoms with Crippen LogP contribution in [0.1, 0.15) is 16.1 Å². The molecule has 0 radical (unpaired) electrons. The number of hydrogen-bond donors (Lipinski definition) is 2. The molecule has 4 rings (SSSR count). The standard InChI is InChI=1S/C19H15BrN2O2/c20-14-5-6-17-13(9-14)10-18(24-17)19(23)21-8-7-12-11-22-16-4-2-1-3-15(12)16/h1-6,9-11,22H,7-8H2,(H,21,23). The van der Waals surface area contributed by atoms with Gasteiger partial charge >= 0.3 is 0 Å². The zero-order valence-electron chi connectivity index (χ0n) is 12.8. The maximum atomic E-state index is 12.3. The van der Waals surface area contributed by atoms with E-state index in [9.17, 15) is 4.79 Å². The number of rotatable bonds is 4. The Labute approximate surface area is 147 Å². The predicted molar refractivity (Wildman–Crippen MR) is 98.2 cm³/mol. The van der Waals surface area contributed by atoms with E-state index in [-0.39, 0.29) is 5.91 Å². The molecule has 2 heterocycles. The lowest BCUT2D eigenvalue weighted by Crippen LogP contribution is -2.25. The van der Waals surface area contributed by atoms with Crippen molar-refractivity contribution >= 4 is 43.7 Å². The fourth-order valence-corrected chi connectivity index (χ4v) is 3.24. The minimum absolute atomic E-state index is 0.192. The fraction of sp³-hybridized carbons (Fsp3) is 0.105. The maximum Gasteiger partial charge on any atom is 0.287 e. The monoisotopic (exact) mass is 382 g/mol. The first-order chi connectivity index (χ1) is 11.7. The van der Waals surface area contributed by atoms with Crippen LogP contribution in [0.2, 0.25) is 0 Å². The number of hydrogen-bond acceptors (Lipinski definition) is 2. The van der Waals surface area contributed by atoms with Gasteiger partial charge in [0.2, 0.25) is 0 Å². The minimum atomic E-state index is -0.192. The molecule has 4 aromatic rings. The van der Waals surface area contributed by atoms with Crippen LogP contribution in [0.5, 0.6) is 0 Å². The summed E-state index contributed by atoms with van der Waals surface area (Å²) in [6.07, 6.45) is 2.76. The van der Waals surface area contributed by atoms with Gasteiger partial charge in [-0.05, 0) is 42.3 Å². The highest BCUT2D eigenvalue weighted by molar-refractivity contribution is 9.10. The second-order valence-electron chi connectivity index (χ2n) is 5.66. The molecule has 24 heavy (non-hydrogen) atoms. The first-order valence-corrected chi connectivity index (χ1v) is 8.52. The number of benzene rings is 2. The Morgan fingerprint density at radius 1 is 1.17 bits per heavy atom. The number of halogens is 1. The summed E-state index contributed by atoms with van der Waals surface area (Å²) < 4.78 is 6.56.